The van der Waals surface area contributed by atoms with Gasteiger partial charge in [-0.05, 0) is 24.5 Å². The van der Waals surface area contributed by atoms with Gasteiger partial charge in [0.05, 0.1) is 6.04 Å². The summed E-state index contributed by atoms with van der Waals surface area (Å²) in [4.78, 5) is 49.8. The minimum absolute atomic E-state index is 0.395. The van der Waals surface area contributed by atoms with Gasteiger partial charge < -0.3 is 15.4 Å². The van der Waals surface area contributed by atoms with E-state index in [1.807, 2.05) is 60.7 Å². The van der Waals surface area contributed by atoms with E-state index in [0.29, 0.717) is 6.42 Å². The summed E-state index contributed by atoms with van der Waals surface area (Å²) >= 11 is 0. The second-order valence-corrected chi connectivity index (χ2v) is 7.49. The average Bonchev–Trinajstić information content (AvgIpc) is 3.00. The van der Waals surface area contributed by atoms with Gasteiger partial charge in [-0.2, -0.15) is 0 Å². The standard InChI is InChI=1S/C23H25N3O5/c1-3-23(2)21(29)26(22(30)25-23)14-19(28)31-15-18(27)24-20(16-10-6-4-7-11-16)17-12-8-5-9-13-17/h4-13,20H,3,14-15H2,1-2H3,(H,24,27)(H,25,30)/t23-/m1/s1. The molecule has 0 aromatic heterocycles. The number of imide groups is 1. The molecule has 0 bridgehead atoms. The smallest absolute Gasteiger partial charge is 0.326 e. The highest BCUT2D eigenvalue weighted by atomic mass is 16.5. The second-order valence-electron chi connectivity index (χ2n) is 7.49. The number of urea groups is 1. The predicted octanol–water partition coefficient (Wildman–Crippen LogP) is 2.16. The largest absolute Gasteiger partial charge is 0.454 e. The van der Waals surface area contributed by atoms with Crippen molar-refractivity contribution in [2.45, 2.75) is 31.8 Å². The molecule has 8 heteroatoms. The zero-order valence-electron chi connectivity index (χ0n) is 17.5. The Morgan fingerprint density at radius 1 is 1.03 bits per heavy atom. The molecule has 8 nitrogen and oxygen atoms in total. The monoisotopic (exact) mass is 423 g/mol. The maximum Gasteiger partial charge on any atom is 0.326 e. The molecule has 0 spiro atoms. The van der Waals surface area contributed by atoms with Crippen molar-refractivity contribution in [3.63, 3.8) is 0 Å². The van der Waals surface area contributed by atoms with Gasteiger partial charge in [-0.3, -0.25) is 19.3 Å². The summed E-state index contributed by atoms with van der Waals surface area (Å²) in [5.41, 5.74) is 0.728. The number of carbonyl (C=O) groups is 4. The summed E-state index contributed by atoms with van der Waals surface area (Å²) in [6.45, 7) is 2.29. The Morgan fingerprint density at radius 2 is 1.58 bits per heavy atom. The molecule has 2 N–H and O–H groups in total. The first-order valence-corrected chi connectivity index (χ1v) is 10.0. The Labute approximate surface area is 180 Å². The van der Waals surface area contributed by atoms with Gasteiger partial charge in [0.15, 0.2) is 6.61 Å². The minimum atomic E-state index is -1.03. The predicted molar refractivity (Wildman–Crippen MR) is 113 cm³/mol. The van der Waals surface area contributed by atoms with E-state index in [4.69, 9.17) is 4.74 Å². The fourth-order valence-corrected chi connectivity index (χ4v) is 3.30. The molecule has 0 unspecified atom stereocenters. The molecular formula is C23H25N3O5. The third kappa shape index (κ3) is 5.09. The highest BCUT2D eigenvalue weighted by Gasteiger charge is 2.47. The van der Waals surface area contributed by atoms with Gasteiger partial charge in [0.2, 0.25) is 0 Å². The maximum atomic E-state index is 12.5. The van der Waals surface area contributed by atoms with Crippen LogP contribution in [0.15, 0.2) is 60.7 Å². The van der Waals surface area contributed by atoms with Crippen LogP contribution in [-0.4, -0.2) is 47.4 Å². The Bertz CT molecular complexity index is 924. The lowest BCUT2D eigenvalue weighted by Gasteiger charge is -2.20. The molecule has 31 heavy (non-hydrogen) atoms. The number of nitrogens with one attached hydrogen (secondary N) is 2. The van der Waals surface area contributed by atoms with Gasteiger partial charge >= 0.3 is 12.0 Å². The van der Waals surface area contributed by atoms with Gasteiger partial charge in [-0.15, -0.1) is 0 Å². The molecule has 1 aliphatic heterocycles. The minimum Gasteiger partial charge on any atom is -0.454 e. The molecule has 1 atom stereocenters. The van der Waals surface area contributed by atoms with Crippen molar-refractivity contribution in [1.29, 1.82) is 0 Å². The highest BCUT2D eigenvalue weighted by molar-refractivity contribution is 6.08. The van der Waals surface area contributed by atoms with Crippen LogP contribution in [0.1, 0.15) is 37.4 Å². The molecule has 162 valence electrons. The summed E-state index contributed by atoms with van der Waals surface area (Å²) in [6, 6.07) is 17.8. The molecule has 0 aliphatic carbocycles. The number of hydrogen-bond acceptors (Lipinski definition) is 5. The van der Waals surface area contributed by atoms with Crippen LogP contribution in [0.2, 0.25) is 0 Å². The molecule has 1 heterocycles. The fourth-order valence-electron chi connectivity index (χ4n) is 3.30. The Morgan fingerprint density at radius 3 is 2.06 bits per heavy atom. The van der Waals surface area contributed by atoms with Gasteiger partial charge in [-0.1, -0.05) is 67.6 Å². The lowest BCUT2D eigenvalue weighted by molar-refractivity contribution is -0.151. The normalized spacial score (nSPS) is 18.1. The van der Waals surface area contributed by atoms with E-state index in [1.54, 1.807) is 13.8 Å². The van der Waals surface area contributed by atoms with E-state index in [-0.39, 0.29) is 0 Å². The quantitative estimate of drug-likeness (QED) is 0.500. The molecule has 1 fully saturated rings. The van der Waals surface area contributed by atoms with E-state index in [9.17, 15) is 19.2 Å². The first-order chi connectivity index (χ1) is 14.8. The molecule has 0 saturated carbocycles. The summed E-state index contributed by atoms with van der Waals surface area (Å²) in [6.07, 6.45) is 0.395. The first kappa shape index (κ1) is 22.0. The highest BCUT2D eigenvalue weighted by Crippen LogP contribution is 2.22. The zero-order chi connectivity index (χ0) is 22.4. The van der Waals surface area contributed by atoms with E-state index in [2.05, 4.69) is 10.6 Å². The number of benzene rings is 2. The van der Waals surface area contributed by atoms with Crippen LogP contribution in [0.3, 0.4) is 0 Å². The summed E-state index contributed by atoms with van der Waals surface area (Å²) in [5, 5.41) is 5.43. The number of amides is 4. The van der Waals surface area contributed by atoms with E-state index in [0.717, 1.165) is 16.0 Å². The van der Waals surface area contributed by atoms with Crippen LogP contribution >= 0.6 is 0 Å². The maximum absolute atomic E-state index is 12.5. The van der Waals surface area contributed by atoms with Gasteiger partial charge in [0.25, 0.3) is 11.8 Å². The number of carbonyl (C=O) groups excluding carboxylic acids is 4. The average molecular weight is 423 g/mol. The number of hydrogen-bond donors (Lipinski definition) is 2. The number of ether oxygens (including phenoxy) is 1. The van der Waals surface area contributed by atoms with Crippen LogP contribution in [0.25, 0.3) is 0 Å². The molecule has 4 amide bonds. The van der Waals surface area contributed by atoms with Crippen LogP contribution in [0.4, 0.5) is 4.79 Å². The number of nitrogens with zero attached hydrogens (tertiary/aromatic N) is 1. The number of rotatable bonds is 8. The SMILES string of the molecule is CC[C@@]1(C)NC(=O)N(CC(=O)OCC(=O)NC(c2ccccc2)c2ccccc2)C1=O. The van der Waals surface area contributed by atoms with Crippen LogP contribution in [0.5, 0.6) is 0 Å². The summed E-state index contributed by atoms with van der Waals surface area (Å²) in [7, 11) is 0. The van der Waals surface area contributed by atoms with Gasteiger partial charge in [0, 0.05) is 0 Å². The van der Waals surface area contributed by atoms with E-state index in [1.165, 1.54) is 0 Å². The second kappa shape index (κ2) is 9.42. The van der Waals surface area contributed by atoms with Gasteiger partial charge in [-0.25, -0.2) is 4.79 Å². The summed E-state index contributed by atoms with van der Waals surface area (Å²) < 4.78 is 5.01. The van der Waals surface area contributed by atoms with Crippen molar-refractivity contribution in [2.24, 2.45) is 0 Å². The lowest BCUT2D eigenvalue weighted by atomic mass is 9.99. The lowest BCUT2D eigenvalue weighted by Crippen LogP contribution is -2.43. The van der Waals surface area contributed by atoms with Crippen molar-refractivity contribution in [3.05, 3.63) is 71.8 Å². The Hall–Kier alpha value is -3.68. The Balaban J connectivity index is 1.59. The third-order valence-corrected chi connectivity index (χ3v) is 5.27. The molecule has 3 rings (SSSR count). The van der Waals surface area contributed by atoms with Crippen LogP contribution in [0, 0.1) is 0 Å². The molecule has 1 aliphatic rings. The molecule has 2 aromatic carbocycles. The van der Waals surface area contributed by atoms with E-state index >= 15 is 0 Å². The van der Waals surface area contributed by atoms with Crippen molar-refractivity contribution >= 4 is 23.8 Å². The topological polar surface area (TPSA) is 105 Å². The van der Waals surface area contributed by atoms with Crippen LogP contribution in [-0.2, 0) is 19.1 Å². The molecule has 0 radical (unpaired) electrons. The van der Waals surface area contributed by atoms with Crippen molar-refractivity contribution in [3.8, 4) is 0 Å². The van der Waals surface area contributed by atoms with Crippen molar-refractivity contribution < 1.29 is 23.9 Å². The van der Waals surface area contributed by atoms with Crippen molar-refractivity contribution in [1.82, 2.24) is 15.5 Å². The molecule has 2 aromatic rings. The first-order valence-electron chi connectivity index (χ1n) is 10.0. The Kier molecular flexibility index (Phi) is 6.69. The molecular weight excluding hydrogens is 398 g/mol. The fraction of sp³-hybridized carbons (Fsp3) is 0.304. The number of esters is 1. The zero-order valence-corrected chi connectivity index (χ0v) is 17.5. The van der Waals surface area contributed by atoms with Gasteiger partial charge in [0.1, 0.15) is 12.1 Å². The molecule has 1 saturated heterocycles. The van der Waals surface area contributed by atoms with Crippen molar-refractivity contribution in [2.75, 3.05) is 13.2 Å². The van der Waals surface area contributed by atoms with E-state index < -0.39 is 48.5 Å². The van der Waals surface area contributed by atoms with Crippen LogP contribution < -0.4 is 10.6 Å². The third-order valence-electron chi connectivity index (χ3n) is 5.27. The summed E-state index contributed by atoms with van der Waals surface area (Å²) in [5.74, 6) is -1.83.